The molecule has 2 aromatic rings. The molecule has 0 atom stereocenters. The van der Waals surface area contributed by atoms with Crippen LogP contribution in [0.25, 0.3) is 10.8 Å². The number of benzene rings is 2. The van der Waals surface area contributed by atoms with Gasteiger partial charge in [-0.15, -0.1) is 0 Å². The Morgan fingerprint density at radius 3 is 2.53 bits per heavy atom. The lowest BCUT2D eigenvalue weighted by atomic mass is 10.1. The first-order valence-electron chi connectivity index (χ1n) is 5.24. The summed E-state index contributed by atoms with van der Waals surface area (Å²) in [6.07, 6.45) is 0. The van der Waals surface area contributed by atoms with Crippen molar-refractivity contribution in [3.05, 3.63) is 42.5 Å². The quantitative estimate of drug-likeness (QED) is 0.778. The molecule has 4 heteroatoms. The molecule has 0 aliphatic rings. The number of rotatable bonds is 3. The molecule has 0 aliphatic heterocycles. The van der Waals surface area contributed by atoms with E-state index in [1.54, 1.807) is 6.07 Å². The summed E-state index contributed by atoms with van der Waals surface area (Å²) >= 11 is 0. The largest absolute Gasteiger partial charge is 0.324 e. The van der Waals surface area contributed by atoms with E-state index in [2.05, 4.69) is 5.32 Å². The van der Waals surface area contributed by atoms with Crippen molar-refractivity contribution in [1.82, 2.24) is 0 Å². The van der Waals surface area contributed by atoms with Crippen LogP contribution in [-0.4, -0.2) is 18.2 Å². The van der Waals surface area contributed by atoms with Crippen molar-refractivity contribution in [3.8, 4) is 0 Å². The van der Waals surface area contributed by atoms with Crippen LogP contribution in [0.2, 0.25) is 0 Å². The van der Waals surface area contributed by atoms with E-state index < -0.39 is 11.7 Å². The highest BCUT2D eigenvalue weighted by Crippen LogP contribution is 2.22. The third-order valence-electron chi connectivity index (χ3n) is 2.48. The second-order valence-corrected chi connectivity index (χ2v) is 3.61. The Bertz CT molecular complexity index is 573. The van der Waals surface area contributed by atoms with E-state index >= 15 is 0 Å². The van der Waals surface area contributed by atoms with Gasteiger partial charge in [-0.05, 0) is 11.5 Å². The van der Waals surface area contributed by atoms with E-state index in [1.165, 1.54) is 0 Å². The van der Waals surface area contributed by atoms with Gasteiger partial charge in [0.05, 0.1) is 6.54 Å². The van der Waals surface area contributed by atoms with Gasteiger partial charge in [-0.1, -0.05) is 36.4 Å². The van der Waals surface area contributed by atoms with Gasteiger partial charge in [-0.2, -0.15) is 0 Å². The maximum absolute atomic E-state index is 11.4. The van der Waals surface area contributed by atoms with Gasteiger partial charge < -0.3 is 11.1 Å². The molecule has 17 heavy (non-hydrogen) atoms. The lowest BCUT2D eigenvalue weighted by molar-refractivity contribution is -0.133. The van der Waals surface area contributed by atoms with Crippen molar-refractivity contribution < 1.29 is 9.59 Å². The van der Waals surface area contributed by atoms with E-state index in [9.17, 15) is 9.59 Å². The third kappa shape index (κ3) is 2.32. The molecule has 2 rings (SSSR count). The molecule has 0 saturated heterocycles. The minimum Gasteiger partial charge on any atom is -0.324 e. The van der Waals surface area contributed by atoms with Gasteiger partial charge in [0, 0.05) is 11.1 Å². The zero-order valence-electron chi connectivity index (χ0n) is 9.14. The number of ketones is 1. The first-order valence-corrected chi connectivity index (χ1v) is 5.24. The molecule has 86 valence electrons. The lowest BCUT2D eigenvalue weighted by Crippen LogP contribution is -2.29. The van der Waals surface area contributed by atoms with Crippen molar-refractivity contribution in [2.24, 2.45) is 5.73 Å². The minimum absolute atomic E-state index is 0.281. The molecule has 4 nitrogen and oxygen atoms in total. The van der Waals surface area contributed by atoms with E-state index in [-0.39, 0.29) is 6.54 Å². The molecule has 0 fully saturated rings. The van der Waals surface area contributed by atoms with Crippen molar-refractivity contribution in [2.75, 3.05) is 11.9 Å². The molecule has 2 aromatic carbocycles. The maximum Gasteiger partial charge on any atom is 0.293 e. The Morgan fingerprint density at radius 1 is 1.06 bits per heavy atom. The Hall–Kier alpha value is -2.20. The van der Waals surface area contributed by atoms with Crippen LogP contribution >= 0.6 is 0 Å². The number of hydrogen-bond donors (Lipinski definition) is 2. The van der Waals surface area contributed by atoms with E-state index in [0.717, 1.165) is 10.8 Å². The van der Waals surface area contributed by atoms with Crippen LogP contribution in [0, 0.1) is 0 Å². The highest BCUT2D eigenvalue weighted by Gasteiger charge is 2.12. The van der Waals surface area contributed by atoms with Gasteiger partial charge in [0.1, 0.15) is 0 Å². The third-order valence-corrected chi connectivity index (χ3v) is 2.48. The lowest BCUT2D eigenvalue weighted by Gasteiger charge is -2.07. The fraction of sp³-hybridized carbons (Fsp3) is 0.0769. The van der Waals surface area contributed by atoms with Gasteiger partial charge in [0.15, 0.2) is 0 Å². The number of anilines is 1. The minimum atomic E-state index is -0.677. The molecule has 1 amide bonds. The van der Waals surface area contributed by atoms with E-state index in [0.29, 0.717) is 5.69 Å². The van der Waals surface area contributed by atoms with Crippen molar-refractivity contribution in [3.63, 3.8) is 0 Å². The fourth-order valence-corrected chi connectivity index (χ4v) is 1.62. The van der Waals surface area contributed by atoms with Crippen LogP contribution in [0.4, 0.5) is 5.69 Å². The Kier molecular flexibility index (Phi) is 3.16. The predicted molar refractivity (Wildman–Crippen MR) is 66.6 cm³/mol. The van der Waals surface area contributed by atoms with Crippen LogP contribution in [0.15, 0.2) is 42.5 Å². The highest BCUT2D eigenvalue weighted by atomic mass is 16.2. The van der Waals surface area contributed by atoms with Crippen molar-refractivity contribution in [1.29, 1.82) is 0 Å². The van der Waals surface area contributed by atoms with E-state index in [4.69, 9.17) is 5.73 Å². The Labute approximate surface area is 98.4 Å². The molecule has 3 N–H and O–H groups in total. The average molecular weight is 228 g/mol. The molecule has 0 bridgehead atoms. The normalized spacial score (nSPS) is 10.2. The molecular formula is C13H12N2O2. The van der Waals surface area contributed by atoms with Gasteiger partial charge in [0.25, 0.3) is 5.91 Å². The first kappa shape index (κ1) is 11.3. The van der Waals surface area contributed by atoms with Crippen LogP contribution in [0.1, 0.15) is 0 Å². The zero-order valence-corrected chi connectivity index (χ0v) is 9.14. The Balaban J connectivity index is 2.36. The molecule has 0 saturated carbocycles. The maximum atomic E-state index is 11.4. The molecule has 0 unspecified atom stereocenters. The molecule has 0 heterocycles. The molecular weight excluding hydrogens is 216 g/mol. The summed E-state index contributed by atoms with van der Waals surface area (Å²) in [6.45, 7) is -0.281. The molecule has 0 radical (unpaired) electrons. The number of hydrogen-bond acceptors (Lipinski definition) is 3. The topological polar surface area (TPSA) is 72.2 Å². The second-order valence-electron chi connectivity index (χ2n) is 3.61. The smallest absolute Gasteiger partial charge is 0.293 e. The number of carbonyl (C=O) groups is 2. The van der Waals surface area contributed by atoms with E-state index in [1.807, 2.05) is 36.4 Å². The standard InChI is InChI=1S/C13H12N2O2/c14-8-12(16)13(17)15-11-7-3-5-9-4-1-2-6-10(9)11/h1-7H,8,14H2,(H,15,17). The van der Waals surface area contributed by atoms with Crippen molar-refractivity contribution in [2.45, 2.75) is 0 Å². The monoisotopic (exact) mass is 228 g/mol. The summed E-state index contributed by atoms with van der Waals surface area (Å²) in [5, 5.41) is 4.47. The van der Waals surface area contributed by atoms with Gasteiger partial charge in [-0.25, -0.2) is 0 Å². The number of nitrogens with two attached hydrogens (primary N) is 1. The Morgan fingerprint density at radius 2 is 1.76 bits per heavy atom. The van der Waals surface area contributed by atoms with Gasteiger partial charge in [-0.3, -0.25) is 9.59 Å². The number of nitrogens with one attached hydrogen (secondary N) is 1. The molecule has 0 aliphatic carbocycles. The summed E-state index contributed by atoms with van der Waals surface area (Å²) in [6, 6.07) is 13.1. The highest BCUT2D eigenvalue weighted by molar-refractivity contribution is 6.41. The first-order chi connectivity index (χ1) is 8.22. The van der Waals surface area contributed by atoms with Gasteiger partial charge in [0.2, 0.25) is 5.78 Å². The van der Waals surface area contributed by atoms with Crippen LogP contribution in [0.3, 0.4) is 0 Å². The summed E-state index contributed by atoms with van der Waals surface area (Å²) < 4.78 is 0. The second kappa shape index (κ2) is 4.76. The SMILES string of the molecule is NCC(=O)C(=O)Nc1cccc2ccccc12. The predicted octanol–water partition coefficient (Wildman–Crippen LogP) is 1.31. The number of fused-ring (bicyclic) bond motifs is 1. The fourth-order valence-electron chi connectivity index (χ4n) is 1.62. The molecule has 0 aromatic heterocycles. The van der Waals surface area contributed by atoms with Crippen LogP contribution in [0.5, 0.6) is 0 Å². The summed E-state index contributed by atoms with van der Waals surface area (Å²) in [5.41, 5.74) is 5.75. The van der Waals surface area contributed by atoms with Crippen LogP contribution < -0.4 is 11.1 Å². The number of Topliss-reactive ketones (excluding diaryl/α,β-unsaturated/α-hetero) is 1. The summed E-state index contributed by atoms with van der Waals surface area (Å²) in [7, 11) is 0. The average Bonchev–Trinajstić information content (AvgIpc) is 2.38. The summed E-state index contributed by atoms with van der Waals surface area (Å²) in [5.74, 6) is -1.30. The number of carbonyl (C=O) groups excluding carboxylic acids is 2. The molecule has 0 spiro atoms. The van der Waals surface area contributed by atoms with Crippen LogP contribution in [-0.2, 0) is 9.59 Å². The number of amides is 1. The van der Waals surface area contributed by atoms with Gasteiger partial charge >= 0.3 is 0 Å². The summed E-state index contributed by atoms with van der Waals surface area (Å²) in [4.78, 5) is 22.6. The van der Waals surface area contributed by atoms with Crippen molar-refractivity contribution >= 4 is 28.2 Å². The zero-order chi connectivity index (χ0) is 12.3.